The topological polar surface area (TPSA) is 78.4 Å². The molecule has 1 aliphatic carbocycles. The number of carboxylic acid groups (broad SMARTS) is 1. The first-order chi connectivity index (χ1) is 10.0. The van der Waals surface area contributed by atoms with Crippen molar-refractivity contribution in [1.82, 2.24) is 5.32 Å². The zero-order chi connectivity index (χ0) is 15.3. The van der Waals surface area contributed by atoms with Crippen LogP contribution in [0, 0.1) is 0 Å². The zero-order valence-electron chi connectivity index (χ0n) is 11.7. The van der Waals surface area contributed by atoms with Crippen molar-refractivity contribution in [2.45, 2.75) is 44.1 Å². The number of hydrogen-bond donors (Lipinski definition) is 3. The third-order valence-electron chi connectivity index (χ3n) is 3.80. The van der Waals surface area contributed by atoms with E-state index >= 15 is 0 Å². The Bertz CT molecular complexity index is 525. The van der Waals surface area contributed by atoms with Gasteiger partial charge in [0, 0.05) is 10.2 Å². The molecule has 0 unspecified atom stereocenters. The molecule has 114 valence electrons. The van der Waals surface area contributed by atoms with E-state index in [1.165, 1.54) is 0 Å². The van der Waals surface area contributed by atoms with Crippen molar-refractivity contribution < 1.29 is 14.7 Å². The van der Waals surface area contributed by atoms with Gasteiger partial charge in [0.2, 0.25) is 0 Å². The van der Waals surface area contributed by atoms with Gasteiger partial charge in [-0.1, -0.05) is 47.7 Å². The highest BCUT2D eigenvalue weighted by molar-refractivity contribution is 9.10. The van der Waals surface area contributed by atoms with Crippen molar-refractivity contribution in [3.63, 3.8) is 0 Å². The highest BCUT2D eigenvalue weighted by atomic mass is 79.9. The highest BCUT2D eigenvalue weighted by Crippen LogP contribution is 2.27. The fourth-order valence-electron chi connectivity index (χ4n) is 2.67. The predicted molar refractivity (Wildman–Crippen MR) is 84.4 cm³/mol. The lowest BCUT2D eigenvalue weighted by atomic mass is 9.90. The summed E-state index contributed by atoms with van der Waals surface area (Å²) in [5, 5.41) is 14.9. The van der Waals surface area contributed by atoms with Crippen molar-refractivity contribution >= 4 is 33.6 Å². The van der Waals surface area contributed by atoms with Gasteiger partial charge in [-0.05, 0) is 31.0 Å². The number of aliphatic carboxylic acids is 1. The number of anilines is 1. The average Bonchev–Trinajstić information content (AvgIpc) is 2.65. The molecule has 1 fully saturated rings. The molecular formula is C15H19BrN2O3. The second-order valence-electron chi connectivity index (χ2n) is 5.39. The molecule has 1 saturated carbocycles. The van der Waals surface area contributed by atoms with Gasteiger partial charge in [-0.3, -0.25) is 0 Å². The van der Waals surface area contributed by atoms with E-state index in [2.05, 4.69) is 26.6 Å². The number of carbonyl (C=O) groups is 2. The molecule has 6 heteroatoms. The number of carboxylic acids is 1. The zero-order valence-corrected chi connectivity index (χ0v) is 13.3. The Morgan fingerprint density at radius 1 is 1.14 bits per heavy atom. The molecule has 21 heavy (non-hydrogen) atoms. The number of amides is 2. The van der Waals surface area contributed by atoms with E-state index < -0.39 is 17.5 Å². The second-order valence-corrected chi connectivity index (χ2v) is 6.31. The van der Waals surface area contributed by atoms with Gasteiger partial charge in [0.25, 0.3) is 0 Å². The number of nitrogens with one attached hydrogen (secondary N) is 2. The van der Waals surface area contributed by atoms with Crippen LogP contribution in [0.2, 0.25) is 0 Å². The molecule has 1 aromatic rings. The molecule has 2 amide bonds. The lowest BCUT2D eigenvalue weighted by molar-refractivity contribution is -0.145. The molecule has 0 aliphatic heterocycles. The van der Waals surface area contributed by atoms with Crippen LogP contribution in [-0.4, -0.2) is 22.6 Å². The molecule has 3 N–H and O–H groups in total. The summed E-state index contributed by atoms with van der Waals surface area (Å²) < 4.78 is 0.850. The molecule has 0 spiro atoms. The maximum Gasteiger partial charge on any atom is 0.329 e. The minimum Gasteiger partial charge on any atom is -0.480 e. The maximum absolute atomic E-state index is 12.1. The Kier molecular flexibility index (Phi) is 5.22. The first-order valence-electron chi connectivity index (χ1n) is 7.10. The average molecular weight is 355 g/mol. The molecule has 0 radical (unpaired) electrons. The van der Waals surface area contributed by atoms with Crippen molar-refractivity contribution in [3.05, 3.63) is 28.7 Å². The summed E-state index contributed by atoms with van der Waals surface area (Å²) >= 11 is 3.33. The van der Waals surface area contributed by atoms with Crippen LogP contribution in [0.25, 0.3) is 0 Å². The SMILES string of the molecule is O=C(Nc1cccc(Br)c1)NC1(C(=O)O)CCCCCC1. The smallest absolute Gasteiger partial charge is 0.329 e. The number of hydrogen-bond acceptors (Lipinski definition) is 2. The van der Waals surface area contributed by atoms with Crippen molar-refractivity contribution in [1.29, 1.82) is 0 Å². The normalized spacial score (nSPS) is 17.6. The van der Waals surface area contributed by atoms with E-state index in [0.717, 1.165) is 30.2 Å². The molecule has 5 nitrogen and oxygen atoms in total. The van der Waals surface area contributed by atoms with Gasteiger partial charge in [-0.15, -0.1) is 0 Å². The van der Waals surface area contributed by atoms with Crippen LogP contribution >= 0.6 is 15.9 Å². The molecule has 0 heterocycles. The minimum absolute atomic E-state index is 0.475. The molecule has 1 aliphatic rings. The Labute approximate surface area is 132 Å². The van der Waals surface area contributed by atoms with Gasteiger partial charge >= 0.3 is 12.0 Å². The number of carbonyl (C=O) groups excluding carboxylic acids is 1. The van der Waals surface area contributed by atoms with Crippen LogP contribution in [0.1, 0.15) is 38.5 Å². The second kappa shape index (κ2) is 6.93. The minimum atomic E-state index is -1.15. The van der Waals surface area contributed by atoms with Gasteiger partial charge < -0.3 is 15.7 Å². The number of benzene rings is 1. The summed E-state index contributed by atoms with van der Waals surface area (Å²) in [6, 6.07) is 6.70. The number of halogens is 1. The van der Waals surface area contributed by atoms with E-state index in [1.54, 1.807) is 18.2 Å². The fourth-order valence-corrected chi connectivity index (χ4v) is 3.07. The predicted octanol–water partition coefficient (Wildman–Crippen LogP) is 3.75. The van der Waals surface area contributed by atoms with Crippen LogP contribution in [0.4, 0.5) is 10.5 Å². The van der Waals surface area contributed by atoms with Crippen molar-refractivity contribution in [2.75, 3.05) is 5.32 Å². The van der Waals surface area contributed by atoms with E-state index in [4.69, 9.17) is 0 Å². The quantitative estimate of drug-likeness (QED) is 0.723. The summed E-state index contributed by atoms with van der Waals surface area (Å²) in [5.41, 5.74) is -0.525. The Morgan fingerprint density at radius 2 is 1.81 bits per heavy atom. The molecule has 0 bridgehead atoms. The standard InChI is InChI=1S/C15H19BrN2O3/c16-11-6-5-7-12(10-11)17-14(21)18-15(13(19)20)8-3-1-2-4-9-15/h5-7,10H,1-4,8-9H2,(H,19,20)(H2,17,18,21). The molecule has 0 aromatic heterocycles. The molecule has 0 saturated heterocycles. The summed E-state index contributed by atoms with van der Waals surface area (Å²) in [6.45, 7) is 0. The van der Waals surface area contributed by atoms with Crippen LogP contribution in [0.15, 0.2) is 28.7 Å². The lowest BCUT2D eigenvalue weighted by Crippen LogP contribution is -2.55. The van der Waals surface area contributed by atoms with Crippen LogP contribution < -0.4 is 10.6 Å². The first-order valence-corrected chi connectivity index (χ1v) is 7.89. The summed E-state index contributed by atoms with van der Waals surface area (Å²) in [5.74, 6) is -0.950. The van der Waals surface area contributed by atoms with Crippen molar-refractivity contribution in [3.8, 4) is 0 Å². The van der Waals surface area contributed by atoms with E-state index in [1.807, 2.05) is 6.07 Å². The van der Waals surface area contributed by atoms with Gasteiger partial charge in [-0.2, -0.15) is 0 Å². The summed E-state index contributed by atoms with van der Waals surface area (Å²) in [4.78, 5) is 23.7. The third-order valence-corrected chi connectivity index (χ3v) is 4.30. The van der Waals surface area contributed by atoms with Gasteiger partial charge in [0.15, 0.2) is 0 Å². The Hall–Kier alpha value is -1.56. The van der Waals surface area contributed by atoms with E-state index in [9.17, 15) is 14.7 Å². The number of rotatable bonds is 3. The molecule has 2 rings (SSSR count). The van der Waals surface area contributed by atoms with Crippen LogP contribution in [0.3, 0.4) is 0 Å². The van der Waals surface area contributed by atoms with Gasteiger partial charge in [0.05, 0.1) is 0 Å². The van der Waals surface area contributed by atoms with Crippen molar-refractivity contribution in [2.24, 2.45) is 0 Å². The third kappa shape index (κ3) is 4.20. The van der Waals surface area contributed by atoms with Crippen LogP contribution in [0.5, 0.6) is 0 Å². The van der Waals surface area contributed by atoms with E-state index in [-0.39, 0.29) is 0 Å². The van der Waals surface area contributed by atoms with E-state index in [0.29, 0.717) is 18.5 Å². The molecule has 0 atom stereocenters. The van der Waals surface area contributed by atoms with Gasteiger partial charge in [-0.25, -0.2) is 9.59 Å². The van der Waals surface area contributed by atoms with Crippen LogP contribution in [-0.2, 0) is 4.79 Å². The number of urea groups is 1. The summed E-state index contributed by atoms with van der Waals surface area (Å²) in [7, 11) is 0. The largest absolute Gasteiger partial charge is 0.480 e. The first kappa shape index (κ1) is 15.8. The highest BCUT2D eigenvalue weighted by Gasteiger charge is 2.40. The molecule has 1 aromatic carbocycles. The van der Waals surface area contributed by atoms with Gasteiger partial charge in [0.1, 0.15) is 5.54 Å². The molecular weight excluding hydrogens is 336 g/mol. The maximum atomic E-state index is 12.1. The monoisotopic (exact) mass is 354 g/mol. The Morgan fingerprint density at radius 3 is 2.38 bits per heavy atom. The Balaban J connectivity index is 2.06. The summed E-state index contributed by atoms with van der Waals surface area (Å²) in [6.07, 6.45) is 4.64. The lowest BCUT2D eigenvalue weighted by Gasteiger charge is -2.29. The fraction of sp³-hybridized carbons (Fsp3) is 0.467.